The third-order valence-electron chi connectivity index (χ3n) is 1.67. The average Bonchev–Trinajstić information content (AvgIpc) is 2.45. The van der Waals surface area contributed by atoms with Crippen LogP contribution in [0.4, 0.5) is 0 Å². The lowest BCUT2D eigenvalue weighted by molar-refractivity contribution is 0.0787. The smallest absolute Gasteiger partial charge is 0.139 e. The summed E-state index contributed by atoms with van der Waals surface area (Å²) in [5.74, 6) is 0. The second-order valence-electron chi connectivity index (χ2n) is 3.40. The van der Waals surface area contributed by atoms with E-state index in [9.17, 15) is 0 Å². The maximum absolute atomic E-state index is 5.48. The molecule has 0 aromatic carbocycles. The fourth-order valence-corrected chi connectivity index (χ4v) is 1.96. The third-order valence-corrected chi connectivity index (χ3v) is 3.64. The molecular formula is C8H15IN2OSi. The summed E-state index contributed by atoms with van der Waals surface area (Å²) in [4.78, 5) is 0. The molecule has 1 aromatic heterocycles. The first-order chi connectivity index (χ1) is 6.18. The van der Waals surface area contributed by atoms with Gasteiger partial charge in [0.05, 0.1) is 0 Å². The minimum absolute atomic E-state index is 0.447. The van der Waals surface area contributed by atoms with E-state index >= 15 is 0 Å². The third kappa shape index (κ3) is 4.77. The first-order valence-corrected chi connectivity index (χ1v) is 8.65. The molecule has 13 heavy (non-hydrogen) atoms. The van der Waals surface area contributed by atoms with Gasteiger partial charge >= 0.3 is 0 Å². The zero-order chi connectivity index (χ0) is 9.68. The molecule has 0 fully saturated rings. The molecule has 0 spiro atoms. The quantitative estimate of drug-likeness (QED) is 0.472. The summed E-state index contributed by atoms with van der Waals surface area (Å²) in [6, 6.07) is 3.22. The SMILES string of the molecule is C[SiH](C)CCOCn1ccc(I)n1. The van der Waals surface area contributed by atoms with Gasteiger partial charge in [-0.2, -0.15) is 5.10 Å². The minimum Gasteiger partial charge on any atom is -0.360 e. The molecule has 1 rings (SSSR count). The van der Waals surface area contributed by atoms with Gasteiger partial charge in [-0.05, 0) is 34.7 Å². The lowest BCUT2D eigenvalue weighted by Gasteiger charge is -2.05. The van der Waals surface area contributed by atoms with E-state index in [1.54, 1.807) is 0 Å². The van der Waals surface area contributed by atoms with Gasteiger partial charge in [-0.25, -0.2) is 4.68 Å². The van der Waals surface area contributed by atoms with Crippen LogP contribution >= 0.6 is 22.6 Å². The second-order valence-corrected chi connectivity index (χ2v) is 7.87. The van der Waals surface area contributed by atoms with Crippen molar-refractivity contribution in [3.63, 3.8) is 0 Å². The second kappa shape index (κ2) is 5.76. The molecule has 1 aromatic rings. The largest absolute Gasteiger partial charge is 0.360 e. The topological polar surface area (TPSA) is 27.1 Å². The van der Waals surface area contributed by atoms with Gasteiger partial charge in [0.2, 0.25) is 0 Å². The molecule has 0 saturated carbocycles. The lowest BCUT2D eigenvalue weighted by Crippen LogP contribution is -2.08. The van der Waals surface area contributed by atoms with Gasteiger partial charge in [0.25, 0.3) is 0 Å². The fraction of sp³-hybridized carbons (Fsp3) is 0.625. The van der Waals surface area contributed by atoms with E-state index in [0.717, 1.165) is 10.3 Å². The van der Waals surface area contributed by atoms with Crippen LogP contribution < -0.4 is 0 Å². The highest BCUT2D eigenvalue weighted by molar-refractivity contribution is 14.1. The van der Waals surface area contributed by atoms with Crippen molar-refractivity contribution in [2.45, 2.75) is 25.9 Å². The number of hydrogen-bond acceptors (Lipinski definition) is 2. The first-order valence-electron chi connectivity index (χ1n) is 4.45. The molecule has 0 bridgehead atoms. The lowest BCUT2D eigenvalue weighted by atomic mass is 10.7. The molecule has 0 saturated heterocycles. The first kappa shape index (κ1) is 11.2. The maximum Gasteiger partial charge on any atom is 0.139 e. The Morgan fingerprint density at radius 1 is 1.62 bits per heavy atom. The van der Waals surface area contributed by atoms with E-state index in [2.05, 4.69) is 40.8 Å². The molecule has 0 aliphatic rings. The van der Waals surface area contributed by atoms with Crippen LogP contribution in [0.15, 0.2) is 12.3 Å². The van der Waals surface area contributed by atoms with Crippen LogP contribution in [0.3, 0.4) is 0 Å². The number of aromatic nitrogens is 2. The van der Waals surface area contributed by atoms with Crippen LogP contribution in [0.2, 0.25) is 19.1 Å². The van der Waals surface area contributed by atoms with Gasteiger partial charge < -0.3 is 4.74 Å². The highest BCUT2D eigenvalue weighted by Gasteiger charge is 1.97. The van der Waals surface area contributed by atoms with Gasteiger partial charge in [-0.1, -0.05) is 13.1 Å². The molecule has 0 atom stereocenters. The molecular weight excluding hydrogens is 295 g/mol. The van der Waals surface area contributed by atoms with Gasteiger partial charge in [-0.15, -0.1) is 0 Å². The van der Waals surface area contributed by atoms with Crippen LogP contribution in [-0.2, 0) is 11.5 Å². The molecule has 5 heteroatoms. The van der Waals surface area contributed by atoms with E-state index < -0.39 is 8.80 Å². The van der Waals surface area contributed by atoms with Crippen molar-refractivity contribution in [1.29, 1.82) is 0 Å². The Morgan fingerprint density at radius 3 is 2.92 bits per heavy atom. The monoisotopic (exact) mass is 310 g/mol. The van der Waals surface area contributed by atoms with E-state index in [0.29, 0.717) is 6.73 Å². The van der Waals surface area contributed by atoms with Crippen LogP contribution in [0, 0.1) is 3.70 Å². The number of halogens is 1. The molecule has 3 nitrogen and oxygen atoms in total. The molecule has 74 valence electrons. The molecule has 1 heterocycles. The number of hydrogen-bond donors (Lipinski definition) is 0. The summed E-state index contributed by atoms with van der Waals surface area (Å²) in [6.45, 7) is 6.13. The Kier molecular flexibility index (Phi) is 4.96. The fourth-order valence-electron chi connectivity index (χ4n) is 0.886. The van der Waals surface area contributed by atoms with Gasteiger partial charge in [0.1, 0.15) is 10.4 Å². The average molecular weight is 310 g/mol. The van der Waals surface area contributed by atoms with E-state index in [1.165, 1.54) is 6.04 Å². The summed E-state index contributed by atoms with van der Waals surface area (Å²) >= 11 is 2.19. The summed E-state index contributed by atoms with van der Waals surface area (Å²) in [7, 11) is -0.447. The van der Waals surface area contributed by atoms with Crippen molar-refractivity contribution in [3.05, 3.63) is 16.0 Å². The summed E-state index contributed by atoms with van der Waals surface area (Å²) < 4.78 is 8.31. The highest BCUT2D eigenvalue weighted by Crippen LogP contribution is 1.99. The van der Waals surface area contributed by atoms with Crippen molar-refractivity contribution in [1.82, 2.24) is 9.78 Å². The zero-order valence-corrected chi connectivity index (χ0v) is 11.3. The number of rotatable bonds is 5. The van der Waals surface area contributed by atoms with E-state index in [1.807, 2.05) is 16.9 Å². The van der Waals surface area contributed by atoms with Crippen LogP contribution in [0.1, 0.15) is 0 Å². The summed E-state index contributed by atoms with van der Waals surface area (Å²) in [6.07, 6.45) is 1.94. The summed E-state index contributed by atoms with van der Waals surface area (Å²) in [5, 5.41) is 4.22. The van der Waals surface area contributed by atoms with Crippen molar-refractivity contribution in [3.8, 4) is 0 Å². The zero-order valence-electron chi connectivity index (χ0n) is 8.03. The van der Waals surface area contributed by atoms with Crippen LogP contribution in [0.5, 0.6) is 0 Å². The predicted molar refractivity (Wildman–Crippen MR) is 64.6 cm³/mol. The predicted octanol–water partition coefficient (Wildman–Crippen LogP) is 1.95. The standard InChI is InChI=1S/C8H15IN2OSi/c1-13(2)6-5-12-7-11-4-3-8(9)10-11/h3-4,13H,5-7H2,1-2H3. The summed E-state index contributed by atoms with van der Waals surface area (Å²) in [5.41, 5.74) is 0. The Labute approximate surface area is 94.2 Å². The van der Waals surface area contributed by atoms with Crippen LogP contribution in [0.25, 0.3) is 0 Å². The number of nitrogens with zero attached hydrogens (tertiary/aromatic N) is 2. The molecule has 0 N–H and O–H groups in total. The minimum atomic E-state index is -0.447. The Balaban J connectivity index is 2.13. The van der Waals surface area contributed by atoms with Crippen molar-refractivity contribution >= 4 is 31.4 Å². The Bertz CT molecular complexity index is 252. The number of ether oxygens (including phenoxy) is 1. The van der Waals surface area contributed by atoms with Gasteiger partial charge in [-0.3, -0.25) is 0 Å². The Morgan fingerprint density at radius 2 is 2.38 bits per heavy atom. The molecule has 0 aliphatic heterocycles. The molecule has 0 amide bonds. The molecule has 0 radical (unpaired) electrons. The maximum atomic E-state index is 5.48. The molecule has 0 unspecified atom stereocenters. The van der Waals surface area contributed by atoms with Gasteiger partial charge in [0.15, 0.2) is 0 Å². The van der Waals surface area contributed by atoms with Crippen molar-refractivity contribution in [2.75, 3.05) is 6.61 Å². The normalized spacial score (nSPS) is 11.1. The van der Waals surface area contributed by atoms with Crippen LogP contribution in [-0.4, -0.2) is 25.2 Å². The van der Waals surface area contributed by atoms with E-state index in [-0.39, 0.29) is 0 Å². The van der Waals surface area contributed by atoms with E-state index in [4.69, 9.17) is 4.74 Å². The Hall–Kier alpha value is 0.117. The molecule has 0 aliphatic carbocycles. The highest BCUT2D eigenvalue weighted by atomic mass is 127. The van der Waals surface area contributed by atoms with Crippen molar-refractivity contribution in [2.24, 2.45) is 0 Å². The van der Waals surface area contributed by atoms with Gasteiger partial charge in [0, 0.05) is 21.6 Å². The van der Waals surface area contributed by atoms with Crippen molar-refractivity contribution < 1.29 is 4.74 Å².